The van der Waals surface area contributed by atoms with Crippen LogP contribution < -0.4 is 10.6 Å². The zero-order chi connectivity index (χ0) is 23.4. The number of hydrogen-bond donors (Lipinski definition) is 2. The molecule has 3 aromatic rings. The molecular weight excluding hydrogens is 442 g/mol. The number of nitrogens with zero attached hydrogens (tertiary/aromatic N) is 3. The highest BCUT2D eigenvalue weighted by Crippen LogP contribution is 2.27. The van der Waals surface area contributed by atoms with Crippen molar-refractivity contribution in [1.82, 2.24) is 14.5 Å². The molecule has 0 bridgehead atoms. The standard InChI is InChI=1S/C23H25N5O4S/c1-16-3-4-18(15-22(16)33(30,31)28-11-13-32-14-12-28)21-9-10-23(27-26-21)25-20-7-5-19(6-8-20)24-17(2)29/h3-10,15H,11-14H2,1-2H3,(H,24,29)(H,25,27). The van der Waals surface area contributed by atoms with Gasteiger partial charge in [-0.3, -0.25) is 4.79 Å². The van der Waals surface area contributed by atoms with E-state index < -0.39 is 10.0 Å². The summed E-state index contributed by atoms with van der Waals surface area (Å²) in [5.41, 5.74) is 3.42. The maximum absolute atomic E-state index is 13.1. The number of sulfonamides is 1. The summed E-state index contributed by atoms with van der Waals surface area (Å²) in [4.78, 5) is 11.4. The van der Waals surface area contributed by atoms with Crippen molar-refractivity contribution in [1.29, 1.82) is 0 Å². The molecule has 1 saturated heterocycles. The van der Waals surface area contributed by atoms with Crippen LogP contribution in [0.25, 0.3) is 11.3 Å². The third kappa shape index (κ3) is 5.36. The molecule has 1 aromatic heterocycles. The minimum atomic E-state index is -3.62. The highest BCUT2D eigenvalue weighted by molar-refractivity contribution is 7.89. The molecule has 2 N–H and O–H groups in total. The van der Waals surface area contributed by atoms with Crippen LogP contribution >= 0.6 is 0 Å². The lowest BCUT2D eigenvalue weighted by atomic mass is 10.1. The molecule has 10 heteroatoms. The third-order valence-electron chi connectivity index (χ3n) is 5.21. The fourth-order valence-corrected chi connectivity index (χ4v) is 5.16. The van der Waals surface area contributed by atoms with Crippen molar-refractivity contribution in [3.63, 3.8) is 0 Å². The largest absolute Gasteiger partial charge is 0.379 e. The summed E-state index contributed by atoms with van der Waals surface area (Å²) in [5, 5.41) is 14.4. The summed E-state index contributed by atoms with van der Waals surface area (Å²) in [5.74, 6) is 0.411. The van der Waals surface area contributed by atoms with Crippen LogP contribution in [0.3, 0.4) is 0 Å². The Morgan fingerprint density at radius 3 is 2.30 bits per heavy atom. The molecule has 172 valence electrons. The second-order valence-electron chi connectivity index (χ2n) is 7.68. The van der Waals surface area contributed by atoms with Crippen molar-refractivity contribution >= 4 is 33.1 Å². The molecule has 33 heavy (non-hydrogen) atoms. The molecule has 2 heterocycles. The Bertz CT molecular complexity index is 1240. The van der Waals surface area contributed by atoms with E-state index in [-0.39, 0.29) is 10.8 Å². The van der Waals surface area contributed by atoms with Crippen LogP contribution in [0.4, 0.5) is 17.2 Å². The van der Waals surface area contributed by atoms with E-state index in [4.69, 9.17) is 4.74 Å². The second-order valence-corrected chi connectivity index (χ2v) is 9.59. The van der Waals surface area contributed by atoms with Gasteiger partial charge in [-0.05, 0) is 55.0 Å². The molecule has 0 radical (unpaired) electrons. The van der Waals surface area contributed by atoms with E-state index in [1.54, 1.807) is 43.3 Å². The van der Waals surface area contributed by atoms with Crippen molar-refractivity contribution in [3.05, 3.63) is 60.2 Å². The lowest BCUT2D eigenvalue weighted by Crippen LogP contribution is -2.40. The van der Waals surface area contributed by atoms with E-state index in [0.717, 1.165) is 5.69 Å². The topological polar surface area (TPSA) is 114 Å². The molecule has 9 nitrogen and oxygen atoms in total. The van der Waals surface area contributed by atoms with Crippen molar-refractivity contribution in [2.75, 3.05) is 36.9 Å². The van der Waals surface area contributed by atoms with Crippen molar-refractivity contribution < 1.29 is 17.9 Å². The van der Waals surface area contributed by atoms with Gasteiger partial charge in [0.2, 0.25) is 15.9 Å². The second kappa shape index (κ2) is 9.65. The van der Waals surface area contributed by atoms with Gasteiger partial charge in [-0.2, -0.15) is 4.31 Å². The highest BCUT2D eigenvalue weighted by atomic mass is 32.2. The summed E-state index contributed by atoms with van der Waals surface area (Å²) in [6, 6.07) is 16.1. The first-order chi connectivity index (χ1) is 15.8. The number of rotatable bonds is 6. The Morgan fingerprint density at radius 1 is 0.970 bits per heavy atom. The van der Waals surface area contributed by atoms with E-state index >= 15 is 0 Å². The smallest absolute Gasteiger partial charge is 0.243 e. The van der Waals surface area contributed by atoms with Crippen molar-refractivity contribution in [3.8, 4) is 11.3 Å². The number of nitrogens with one attached hydrogen (secondary N) is 2. The van der Waals surface area contributed by atoms with Gasteiger partial charge >= 0.3 is 0 Å². The summed E-state index contributed by atoms with van der Waals surface area (Å²) in [7, 11) is -3.62. The number of carbonyl (C=O) groups excluding carboxylic acids is 1. The molecule has 1 aliphatic heterocycles. The molecule has 0 unspecified atom stereocenters. The number of amides is 1. The Balaban J connectivity index is 1.52. The Labute approximate surface area is 192 Å². The van der Waals surface area contributed by atoms with Gasteiger partial charge in [-0.1, -0.05) is 12.1 Å². The van der Waals surface area contributed by atoms with Crippen molar-refractivity contribution in [2.45, 2.75) is 18.7 Å². The van der Waals surface area contributed by atoms with E-state index in [9.17, 15) is 13.2 Å². The van der Waals surface area contributed by atoms with Crippen LogP contribution in [-0.4, -0.2) is 55.1 Å². The van der Waals surface area contributed by atoms with Gasteiger partial charge in [-0.15, -0.1) is 10.2 Å². The molecule has 0 aliphatic carbocycles. The first kappa shape index (κ1) is 22.8. The van der Waals surface area contributed by atoms with Crippen LogP contribution in [0.2, 0.25) is 0 Å². The number of anilines is 3. The lowest BCUT2D eigenvalue weighted by molar-refractivity contribution is -0.114. The fraction of sp³-hybridized carbons (Fsp3) is 0.261. The van der Waals surface area contributed by atoms with Crippen LogP contribution in [0.15, 0.2) is 59.5 Å². The number of morpholine rings is 1. The average Bonchev–Trinajstić information content (AvgIpc) is 2.81. The van der Waals surface area contributed by atoms with Gasteiger partial charge in [0.05, 0.1) is 23.8 Å². The molecule has 0 spiro atoms. The molecule has 1 fully saturated rings. The first-order valence-corrected chi connectivity index (χ1v) is 11.9. The number of aromatic nitrogens is 2. The Kier molecular flexibility index (Phi) is 6.68. The van der Waals surface area contributed by atoms with E-state index in [2.05, 4.69) is 20.8 Å². The zero-order valence-corrected chi connectivity index (χ0v) is 19.2. The molecular formula is C23H25N5O4S. The van der Waals surface area contributed by atoms with E-state index in [1.165, 1.54) is 11.2 Å². The fourth-order valence-electron chi connectivity index (χ4n) is 3.50. The average molecular weight is 468 g/mol. The predicted molar refractivity (Wildman–Crippen MR) is 126 cm³/mol. The summed E-state index contributed by atoms with van der Waals surface area (Å²) >= 11 is 0. The highest BCUT2D eigenvalue weighted by Gasteiger charge is 2.28. The molecule has 1 amide bonds. The molecule has 0 atom stereocenters. The van der Waals surface area contributed by atoms with Gasteiger partial charge in [0.15, 0.2) is 5.82 Å². The van der Waals surface area contributed by atoms with Gasteiger partial charge in [-0.25, -0.2) is 8.42 Å². The minimum absolute atomic E-state index is 0.130. The zero-order valence-electron chi connectivity index (χ0n) is 18.4. The van der Waals surface area contributed by atoms with Gasteiger partial charge < -0.3 is 15.4 Å². The number of ether oxygens (including phenoxy) is 1. The van der Waals surface area contributed by atoms with E-state index in [0.29, 0.717) is 54.6 Å². The SMILES string of the molecule is CC(=O)Nc1ccc(Nc2ccc(-c3ccc(C)c(S(=O)(=O)N4CCOCC4)c3)nn2)cc1. The van der Waals surface area contributed by atoms with Crippen LogP contribution in [0.1, 0.15) is 12.5 Å². The van der Waals surface area contributed by atoms with Crippen LogP contribution in [-0.2, 0) is 19.6 Å². The van der Waals surface area contributed by atoms with E-state index in [1.807, 2.05) is 18.2 Å². The number of aryl methyl sites for hydroxylation is 1. The lowest BCUT2D eigenvalue weighted by Gasteiger charge is -2.26. The maximum Gasteiger partial charge on any atom is 0.243 e. The number of carbonyl (C=O) groups is 1. The minimum Gasteiger partial charge on any atom is -0.379 e. The molecule has 0 saturated carbocycles. The molecule has 4 rings (SSSR count). The maximum atomic E-state index is 13.1. The summed E-state index contributed by atoms with van der Waals surface area (Å²) < 4.78 is 33.0. The Hall–Kier alpha value is -3.34. The van der Waals surface area contributed by atoms with Crippen LogP contribution in [0, 0.1) is 6.92 Å². The summed E-state index contributed by atoms with van der Waals surface area (Å²) in [6.07, 6.45) is 0. The van der Waals surface area contributed by atoms with Gasteiger partial charge in [0.1, 0.15) is 0 Å². The third-order valence-corrected chi connectivity index (χ3v) is 7.25. The predicted octanol–water partition coefficient (Wildman–Crippen LogP) is 3.17. The quantitative estimate of drug-likeness (QED) is 0.572. The number of benzene rings is 2. The number of hydrogen-bond acceptors (Lipinski definition) is 7. The molecule has 2 aromatic carbocycles. The van der Waals surface area contributed by atoms with Crippen LogP contribution in [0.5, 0.6) is 0 Å². The summed E-state index contributed by atoms with van der Waals surface area (Å²) in [6.45, 7) is 4.73. The monoisotopic (exact) mass is 467 g/mol. The van der Waals surface area contributed by atoms with Gasteiger partial charge in [0, 0.05) is 37.0 Å². The normalized spacial score (nSPS) is 14.6. The first-order valence-electron chi connectivity index (χ1n) is 10.5. The Morgan fingerprint density at radius 2 is 1.67 bits per heavy atom. The van der Waals surface area contributed by atoms with Crippen molar-refractivity contribution in [2.24, 2.45) is 0 Å². The molecule has 1 aliphatic rings. The van der Waals surface area contributed by atoms with Gasteiger partial charge in [0.25, 0.3) is 0 Å².